The molecule has 0 saturated carbocycles. The number of carbonyl (C=O) groups excluding carboxylic acids is 2. The molecule has 1 fully saturated rings. The molecule has 0 spiro atoms. The maximum Gasteiger partial charge on any atom is 0.325 e. The van der Waals surface area contributed by atoms with Gasteiger partial charge in [-0.3, -0.25) is 14.7 Å². The number of hydrogen-bond donors (Lipinski definition) is 2. The second kappa shape index (κ2) is 9.07. The summed E-state index contributed by atoms with van der Waals surface area (Å²) in [5.74, 6) is 0.414. The van der Waals surface area contributed by atoms with Crippen molar-refractivity contribution in [1.82, 2.24) is 20.1 Å². The van der Waals surface area contributed by atoms with Crippen LogP contribution in [0.25, 0.3) is 0 Å². The first-order chi connectivity index (χ1) is 13.5. The summed E-state index contributed by atoms with van der Waals surface area (Å²) < 4.78 is 7.19. The largest absolute Gasteiger partial charge is 0.378 e. The zero-order valence-electron chi connectivity index (χ0n) is 16.2. The van der Waals surface area contributed by atoms with E-state index in [0.717, 1.165) is 30.2 Å². The van der Waals surface area contributed by atoms with Gasteiger partial charge in [0.2, 0.25) is 11.9 Å². The van der Waals surface area contributed by atoms with E-state index in [2.05, 4.69) is 25.7 Å². The van der Waals surface area contributed by atoms with Crippen molar-refractivity contribution < 1.29 is 14.3 Å². The van der Waals surface area contributed by atoms with Crippen molar-refractivity contribution >= 4 is 35.3 Å². The van der Waals surface area contributed by atoms with Crippen molar-refractivity contribution in [2.45, 2.75) is 19.0 Å². The molecule has 2 heterocycles. The Labute approximate surface area is 167 Å². The lowest BCUT2D eigenvalue weighted by atomic mass is 10.1. The maximum absolute atomic E-state index is 12.1. The average Bonchev–Trinajstić information content (AvgIpc) is 3.05. The Morgan fingerprint density at radius 1 is 1.21 bits per heavy atom. The number of ether oxygens (including phenoxy) is 1. The lowest BCUT2D eigenvalue weighted by Crippen LogP contribution is -2.37. The molecular weight excluding hydrogens is 380 g/mol. The lowest BCUT2D eigenvalue weighted by Gasteiger charge is -2.27. The Bertz CT molecular complexity index is 863. The number of nitrogens with zero attached hydrogens (tertiary/aromatic N) is 4. The number of carbonyl (C=O) groups is 2. The quantitative estimate of drug-likeness (QED) is 0.732. The number of morpholine rings is 1. The molecule has 0 unspecified atom stereocenters. The van der Waals surface area contributed by atoms with Crippen LogP contribution in [-0.2, 0) is 16.6 Å². The van der Waals surface area contributed by atoms with Gasteiger partial charge in [-0.2, -0.15) is 0 Å². The van der Waals surface area contributed by atoms with Crippen LogP contribution in [0.3, 0.4) is 0 Å². The van der Waals surface area contributed by atoms with E-state index in [4.69, 9.17) is 4.74 Å². The highest BCUT2D eigenvalue weighted by molar-refractivity contribution is 7.99. The molecule has 2 N–H and O–H groups in total. The van der Waals surface area contributed by atoms with Gasteiger partial charge in [0.05, 0.1) is 19.0 Å². The van der Waals surface area contributed by atoms with Gasteiger partial charge in [-0.25, -0.2) is 4.79 Å². The fraction of sp³-hybridized carbons (Fsp3) is 0.444. The van der Waals surface area contributed by atoms with Gasteiger partial charge >= 0.3 is 6.03 Å². The van der Waals surface area contributed by atoms with Gasteiger partial charge in [-0.1, -0.05) is 23.9 Å². The summed E-state index contributed by atoms with van der Waals surface area (Å²) in [6, 6.07) is 5.07. The van der Waals surface area contributed by atoms with E-state index < -0.39 is 11.9 Å². The third-order valence-corrected chi connectivity index (χ3v) is 5.56. The molecule has 150 valence electrons. The molecule has 10 heteroatoms. The van der Waals surface area contributed by atoms with Gasteiger partial charge in [0.15, 0.2) is 5.16 Å². The molecule has 28 heavy (non-hydrogen) atoms. The highest BCUT2D eigenvalue weighted by Gasteiger charge is 2.19. The number of aryl methyl sites for hydroxylation is 1. The number of nitrogens with one attached hydrogen (secondary N) is 2. The van der Waals surface area contributed by atoms with E-state index in [9.17, 15) is 9.59 Å². The van der Waals surface area contributed by atoms with E-state index in [0.29, 0.717) is 24.1 Å². The van der Waals surface area contributed by atoms with Gasteiger partial charge in [-0.05, 0) is 31.0 Å². The zero-order valence-corrected chi connectivity index (χ0v) is 17.0. The van der Waals surface area contributed by atoms with Crippen molar-refractivity contribution in [3.63, 3.8) is 0 Å². The number of imide groups is 1. The van der Waals surface area contributed by atoms with E-state index in [1.165, 1.54) is 11.8 Å². The van der Waals surface area contributed by atoms with Crippen molar-refractivity contribution in [2.24, 2.45) is 7.05 Å². The van der Waals surface area contributed by atoms with Gasteiger partial charge in [-0.15, -0.1) is 10.2 Å². The molecule has 2 aromatic rings. The molecule has 1 aromatic carbocycles. The monoisotopic (exact) mass is 404 g/mol. The predicted octanol–water partition coefficient (Wildman–Crippen LogP) is 1.71. The van der Waals surface area contributed by atoms with Crippen molar-refractivity contribution in [3.05, 3.63) is 29.3 Å². The van der Waals surface area contributed by atoms with Crippen LogP contribution >= 0.6 is 11.8 Å². The second-order valence-corrected chi connectivity index (χ2v) is 7.42. The summed E-state index contributed by atoms with van der Waals surface area (Å²) >= 11 is 1.23. The fourth-order valence-corrected chi connectivity index (χ4v) is 3.51. The van der Waals surface area contributed by atoms with Gasteiger partial charge < -0.3 is 15.0 Å². The molecule has 1 saturated heterocycles. The Balaban J connectivity index is 1.51. The van der Waals surface area contributed by atoms with Crippen LogP contribution in [0.1, 0.15) is 11.1 Å². The Hall–Kier alpha value is -2.59. The smallest absolute Gasteiger partial charge is 0.325 e. The molecule has 0 atom stereocenters. The van der Waals surface area contributed by atoms with Crippen molar-refractivity contribution in [3.8, 4) is 0 Å². The predicted molar refractivity (Wildman–Crippen MR) is 108 cm³/mol. The SMILES string of the molecule is Cc1cccc(NC(=O)NC(=O)CSc2nnc(N3CCOCC3)n2C)c1C. The normalized spacial score (nSPS) is 14.0. The third kappa shape index (κ3) is 4.82. The van der Waals surface area contributed by atoms with Gasteiger partial charge in [0.1, 0.15) is 0 Å². The molecule has 1 aliphatic rings. The third-order valence-electron chi connectivity index (χ3n) is 4.54. The number of thioether (sulfide) groups is 1. The fourth-order valence-electron chi connectivity index (χ4n) is 2.80. The minimum atomic E-state index is -0.550. The molecule has 0 radical (unpaired) electrons. The molecule has 3 rings (SSSR count). The maximum atomic E-state index is 12.1. The number of urea groups is 1. The summed E-state index contributed by atoms with van der Waals surface area (Å²) in [4.78, 5) is 26.3. The van der Waals surface area contributed by atoms with Gasteiger partial charge in [0, 0.05) is 25.8 Å². The topological polar surface area (TPSA) is 101 Å². The van der Waals surface area contributed by atoms with Crippen LogP contribution in [0.4, 0.5) is 16.4 Å². The van der Waals surface area contributed by atoms with E-state index in [1.54, 1.807) is 6.07 Å². The molecule has 0 bridgehead atoms. The highest BCUT2D eigenvalue weighted by atomic mass is 32.2. The number of amides is 3. The van der Waals surface area contributed by atoms with E-state index in [1.807, 2.05) is 37.6 Å². The standard InChI is InChI=1S/C18H24N6O3S/c1-12-5-4-6-14(13(12)2)19-16(26)20-15(25)11-28-18-22-21-17(23(18)3)24-7-9-27-10-8-24/h4-6H,7-11H2,1-3H3,(H2,19,20,25,26). The number of benzene rings is 1. The lowest BCUT2D eigenvalue weighted by molar-refractivity contribution is -0.117. The van der Waals surface area contributed by atoms with Crippen LogP contribution in [-0.4, -0.2) is 58.8 Å². The number of hydrogen-bond acceptors (Lipinski definition) is 7. The molecule has 9 nitrogen and oxygen atoms in total. The first-order valence-corrected chi connectivity index (χ1v) is 9.96. The Morgan fingerprint density at radius 3 is 2.71 bits per heavy atom. The number of aromatic nitrogens is 3. The van der Waals surface area contributed by atoms with Gasteiger partial charge in [0.25, 0.3) is 0 Å². The second-order valence-electron chi connectivity index (χ2n) is 6.48. The summed E-state index contributed by atoms with van der Waals surface area (Å²) in [5.41, 5.74) is 2.72. The minimum Gasteiger partial charge on any atom is -0.378 e. The van der Waals surface area contributed by atoms with Crippen LogP contribution in [0.15, 0.2) is 23.4 Å². The summed E-state index contributed by atoms with van der Waals surface area (Å²) in [5, 5.41) is 14.0. The van der Waals surface area contributed by atoms with Crippen LogP contribution < -0.4 is 15.5 Å². The summed E-state index contributed by atoms with van der Waals surface area (Å²) in [6.45, 7) is 6.72. The minimum absolute atomic E-state index is 0.0648. The average molecular weight is 404 g/mol. The van der Waals surface area contributed by atoms with Crippen LogP contribution in [0.5, 0.6) is 0 Å². The number of rotatable bonds is 5. The first kappa shape index (κ1) is 20.2. The van der Waals surface area contributed by atoms with E-state index >= 15 is 0 Å². The highest BCUT2D eigenvalue weighted by Crippen LogP contribution is 2.21. The summed E-state index contributed by atoms with van der Waals surface area (Å²) in [6.07, 6.45) is 0. The van der Waals surface area contributed by atoms with E-state index in [-0.39, 0.29) is 5.75 Å². The van der Waals surface area contributed by atoms with Crippen molar-refractivity contribution in [2.75, 3.05) is 42.3 Å². The molecule has 1 aliphatic heterocycles. The van der Waals surface area contributed by atoms with Crippen LogP contribution in [0, 0.1) is 13.8 Å². The number of anilines is 2. The first-order valence-electron chi connectivity index (χ1n) is 8.97. The summed E-state index contributed by atoms with van der Waals surface area (Å²) in [7, 11) is 1.86. The van der Waals surface area contributed by atoms with Crippen molar-refractivity contribution in [1.29, 1.82) is 0 Å². The molecule has 0 aliphatic carbocycles. The zero-order chi connectivity index (χ0) is 20.1. The van der Waals surface area contributed by atoms with Crippen LogP contribution in [0.2, 0.25) is 0 Å². The molecule has 1 aromatic heterocycles. The molecular formula is C18H24N6O3S. The Morgan fingerprint density at radius 2 is 1.96 bits per heavy atom. The molecule has 3 amide bonds. The Kier molecular flexibility index (Phi) is 6.53.